The summed E-state index contributed by atoms with van der Waals surface area (Å²) < 4.78 is 53.8. The van der Waals surface area contributed by atoms with E-state index < -0.39 is 94.6 Å². The van der Waals surface area contributed by atoms with Crippen molar-refractivity contribution in [2.24, 2.45) is 11.3 Å². The third kappa shape index (κ3) is 4.51. The van der Waals surface area contributed by atoms with E-state index in [9.17, 15) is 38.4 Å². The molecule has 0 aromatic heterocycles. The van der Waals surface area contributed by atoms with Gasteiger partial charge in [0.05, 0.1) is 23.2 Å². The summed E-state index contributed by atoms with van der Waals surface area (Å²) >= 11 is 0. The Balaban J connectivity index is 1.25. The lowest BCUT2D eigenvalue weighted by molar-refractivity contribution is -0.393. The zero-order valence-electron chi connectivity index (χ0n) is 23.0. The van der Waals surface area contributed by atoms with Crippen molar-refractivity contribution in [2.75, 3.05) is 13.2 Å². The number of fused-ring (bicyclic) bond motifs is 1. The summed E-state index contributed by atoms with van der Waals surface area (Å²) in [6.07, 6.45) is -9.56. The molecule has 4 N–H and O–H groups in total. The number of aliphatic hydroxyl groups excluding tert-OH is 4. The molecule has 2 aromatic rings. The van der Waals surface area contributed by atoms with Crippen molar-refractivity contribution in [3.8, 4) is 0 Å². The number of esters is 2. The maximum Gasteiger partial charge on any atom is 0.338 e. The average molecular weight is 621 g/mol. The molecule has 1 unspecified atom stereocenters. The Morgan fingerprint density at radius 3 is 2.28 bits per heavy atom. The first kappa shape index (κ1) is 30.1. The number of ether oxygens (including phenoxy) is 4. The zero-order chi connectivity index (χ0) is 30.8. The van der Waals surface area contributed by atoms with Crippen molar-refractivity contribution in [3.05, 3.63) is 66.2 Å². The standard InChI is InChI=1S/C29H32O13S/c1-27-13-19(30)18-12-29(27,28(18,26(35)42-27)15-38-24(34)16-8-4-2-5-9-16)41-25-23(33)22(32)21(31)20(40-25)14-39-43(36,37)17-10-6-3-7-11-17/h2-11,18-23,25,30-33H,12-15H2,1H3/t18-,19+,20?,21-,22+,23+,25+,27+,28+,29+/m1/s1. The van der Waals surface area contributed by atoms with Gasteiger partial charge in [-0.05, 0) is 37.6 Å². The highest BCUT2D eigenvalue weighted by Crippen LogP contribution is 2.73. The van der Waals surface area contributed by atoms with Gasteiger partial charge in [0.1, 0.15) is 47.6 Å². The molecule has 10 atom stereocenters. The molecule has 232 valence electrons. The molecule has 0 spiro atoms. The molecule has 5 fully saturated rings. The Hall–Kier alpha value is -2.95. The number of hydrogen-bond donors (Lipinski definition) is 4. The van der Waals surface area contributed by atoms with Gasteiger partial charge < -0.3 is 39.4 Å². The predicted molar refractivity (Wildman–Crippen MR) is 142 cm³/mol. The Morgan fingerprint density at radius 1 is 0.953 bits per heavy atom. The lowest BCUT2D eigenvalue weighted by Gasteiger charge is -2.66. The van der Waals surface area contributed by atoms with Gasteiger partial charge in [-0.3, -0.25) is 8.98 Å². The van der Waals surface area contributed by atoms with E-state index in [1.54, 1.807) is 43.3 Å². The average Bonchev–Trinajstić information content (AvgIpc) is 3.05. The van der Waals surface area contributed by atoms with Gasteiger partial charge in [0.25, 0.3) is 10.1 Å². The van der Waals surface area contributed by atoms with Crippen LogP contribution in [0.2, 0.25) is 0 Å². The van der Waals surface area contributed by atoms with Crippen LogP contribution >= 0.6 is 0 Å². The predicted octanol–water partition coefficient (Wildman–Crippen LogP) is -0.102. The van der Waals surface area contributed by atoms with Crippen LogP contribution in [0.5, 0.6) is 0 Å². The van der Waals surface area contributed by atoms with E-state index in [1.807, 2.05) is 0 Å². The third-order valence-electron chi connectivity index (χ3n) is 9.31. The second-order valence-corrected chi connectivity index (χ2v) is 13.2. The first-order valence-corrected chi connectivity index (χ1v) is 15.2. The lowest BCUT2D eigenvalue weighted by atomic mass is 9.40. The molecule has 2 aliphatic heterocycles. The van der Waals surface area contributed by atoms with Gasteiger partial charge in [0.2, 0.25) is 0 Å². The highest BCUT2D eigenvalue weighted by atomic mass is 32.2. The maximum absolute atomic E-state index is 13.5. The van der Waals surface area contributed by atoms with Gasteiger partial charge >= 0.3 is 11.9 Å². The van der Waals surface area contributed by atoms with Crippen LogP contribution in [0.4, 0.5) is 0 Å². The van der Waals surface area contributed by atoms with Crippen LogP contribution in [0.1, 0.15) is 30.1 Å². The number of rotatable bonds is 9. The summed E-state index contributed by atoms with van der Waals surface area (Å²) in [7, 11) is -4.26. The zero-order valence-corrected chi connectivity index (χ0v) is 23.8. The molecule has 2 heterocycles. The van der Waals surface area contributed by atoms with Gasteiger partial charge in [0.15, 0.2) is 6.29 Å². The first-order valence-electron chi connectivity index (χ1n) is 13.8. The molecular formula is C29H32O13S. The highest BCUT2D eigenvalue weighted by Gasteiger charge is 2.88. The maximum atomic E-state index is 13.5. The van der Waals surface area contributed by atoms with E-state index in [2.05, 4.69) is 0 Å². The monoisotopic (exact) mass is 620 g/mol. The van der Waals surface area contributed by atoms with Crippen molar-refractivity contribution in [1.29, 1.82) is 0 Å². The van der Waals surface area contributed by atoms with Crippen LogP contribution in [0.15, 0.2) is 65.6 Å². The SMILES string of the molecule is C[C@]12C[C@H](O)[C@H]3C[C@@]1(O[C@@H]1OC(COS(=O)(=O)c4ccccc4)[C@@H](O)[C@H](O)[C@@H]1O)[C@]3(COC(=O)c1ccccc1)C(=O)O2. The molecule has 0 radical (unpaired) electrons. The van der Waals surface area contributed by atoms with Crippen LogP contribution < -0.4 is 0 Å². The Morgan fingerprint density at radius 2 is 1.60 bits per heavy atom. The van der Waals surface area contributed by atoms with Gasteiger partial charge in [-0.1, -0.05) is 36.4 Å². The minimum absolute atomic E-state index is 0.0202. The van der Waals surface area contributed by atoms with Crippen molar-refractivity contribution in [1.82, 2.24) is 0 Å². The molecule has 4 bridgehead atoms. The molecule has 2 saturated heterocycles. The lowest BCUT2D eigenvalue weighted by Crippen LogP contribution is -2.80. The molecule has 5 aliphatic rings. The van der Waals surface area contributed by atoms with E-state index in [-0.39, 0.29) is 23.3 Å². The number of aliphatic hydroxyl groups is 4. The molecule has 13 nitrogen and oxygen atoms in total. The Labute approximate surface area is 247 Å². The Kier molecular flexibility index (Phi) is 7.41. The molecular weight excluding hydrogens is 588 g/mol. The molecule has 7 rings (SSSR count). The minimum Gasteiger partial charge on any atom is -0.461 e. The van der Waals surface area contributed by atoms with Crippen LogP contribution in [0.25, 0.3) is 0 Å². The van der Waals surface area contributed by atoms with Gasteiger partial charge in [-0.15, -0.1) is 0 Å². The van der Waals surface area contributed by atoms with E-state index in [0.717, 1.165) is 0 Å². The molecule has 43 heavy (non-hydrogen) atoms. The topological polar surface area (TPSA) is 195 Å². The second kappa shape index (κ2) is 10.6. The summed E-state index contributed by atoms with van der Waals surface area (Å²) in [5.74, 6) is -2.19. The highest BCUT2D eigenvalue weighted by molar-refractivity contribution is 7.86. The van der Waals surface area contributed by atoms with Gasteiger partial charge in [-0.25, -0.2) is 4.79 Å². The van der Waals surface area contributed by atoms with Crippen LogP contribution in [0.3, 0.4) is 0 Å². The largest absolute Gasteiger partial charge is 0.461 e. The molecule has 3 saturated carbocycles. The smallest absolute Gasteiger partial charge is 0.338 e. The van der Waals surface area contributed by atoms with E-state index in [0.29, 0.717) is 0 Å². The Bertz CT molecular complexity index is 1490. The quantitative estimate of drug-likeness (QED) is 0.215. The fourth-order valence-corrected chi connectivity index (χ4v) is 7.93. The normalized spacial score (nSPS) is 39.9. The molecule has 2 aromatic carbocycles. The fraction of sp³-hybridized carbons (Fsp3) is 0.517. The third-order valence-corrected chi connectivity index (χ3v) is 10.6. The number of carbonyl (C=O) groups is 2. The van der Waals surface area contributed by atoms with E-state index in [4.69, 9.17) is 23.1 Å². The van der Waals surface area contributed by atoms with Gasteiger partial charge in [0, 0.05) is 12.3 Å². The summed E-state index contributed by atoms with van der Waals surface area (Å²) in [5.41, 5.74) is -4.45. The van der Waals surface area contributed by atoms with Crippen molar-refractivity contribution in [2.45, 2.75) is 72.7 Å². The molecule has 14 heteroatoms. The fourth-order valence-electron chi connectivity index (χ4n) is 6.99. The molecule has 3 aliphatic carbocycles. The summed E-state index contributed by atoms with van der Waals surface area (Å²) in [6, 6.07) is 15.4. The van der Waals surface area contributed by atoms with Crippen LogP contribution in [-0.4, -0.2) is 102 Å². The number of carbonyl (C=O) groups excluding carboxylic acids is 2. The minimum atomic E-state index is -4.26. The van der Waals surface area contributed by atoms with Crippen molar-refractivity contribution in [3.63, 3.8) is 0 Å². The summed E-state index contributed by atoms with van der Waals surface area (Å²) in [5, 5.41) is 43.0. The number of benzene rings is 2. The van der Waals surface area contributed by atoms with E-state index >= 15 is 0 Å². The second-order valence-electron chi connectivity index (χ2n) is 11.6. The number of hydrogen-bond acceptors (Lipinski definition) is 13. The van der Waals surface area contributed by atoms with E-state index in [1.165, 1.54) is 24.3 Å². The van der Waals surface area contributed by atoms with Crippen molar-refractivity contribution >= 4 is 22.1 Å². The molecule has 0 amide bonds. The van der Waals surface area contributed by atoms with Crippen molar-refractivity contribution < 1.29 is 61.6 Å². The summed E-state index contributed by atoms with van der Waals surface area (Å²) in [6.45, 7) is 0.313. The van der Waals surface area contributed by atoms with Gasteiger partial charge in [-0.2, -0.15) is 8.42 Å². The van der Waals surface area contributed by atoms with Crippen LogP contribution in [0, 0.1) is 11.3 Å². The first-order chi connectivity index (χ1) is 20.4. The van der Waals surface area contributed by atoms with Crippen LogP contribution in [-0.2, 0) is 38.0 Å². The summed E-state index contributed by atoms with van der Waals surface area (Å²) in [4.78, 5) is 26.2.